The van der Waals surface area contributed by atoms with Gasteiger partial charge in [-0.15, -0.1) is 12.6 Å². The molecular formula is C6H14HfOS. The molecule has 0 heterocycles. The van der Waals surface area contributed by atoms with Crippen LogP contribution in [-0.4, -0.2) is 10.5 Å². The first-order valence-electron chi connectivity index (χ1n) is 3.13. The van der Waals surface area contributed by atoms with Crippen LogP contribution in [0.5, 0.6) is 0 Å². The zero-order valence-electron chi connectivity index (χ0n) is 5.80. The zero-order valence-corrected chi connectivity index (χ0v) is 10.3. The molecule has 3 heteroatoms. The van der Waals surface area contributed by atoms with E-state index in [1.807, 2.05) is 0 Å². The molecule has 54 valence electrons. The molecule has 9 heavy (non-hydrogen) atoms. The predicted molar refractivity (Wildman–Crippen MR) is 39.1 cm³/mol. The van der Waals surface area contributed by atoms with E-state index in [9.17, 15) is 0 Å². The Balaban J connectivity index is 0. The van der Waals surface area contributed by atoms with Gasteiger partial charge >= 0.3 is 0 Å². The Kier molecular flexibility index (Phi) is 13.1. The van der Waals surface area contributed by atoms with Crippen molar-refractivity contribution in [1.29, 1.82) is 0 Å². The van der Waals surface area contributed by atoms with Crippen LogP contribution in [0.2, 0.25) is 0 Å². The van der Waals surface area contributed by atoms with Crippen LogP contribution in [0.15, 0.2) is 0 Å². The van der Waals surface area contributed by atoms with Gasteiger partial charge in [-0.05, 0) is 6.42 Å². The first-order chi connectivity index (χ1) is 3.77. The normalized spacial score (nSPS) is 12.3. The Morgan fingerprint density at radius 1 is 1.44 bits per heavy atom. The number of unbranched alkanes of at least 4 members (excludes halogenated alkanes) is 2. The second-order valence-corrected chi connectivity index (χ2v) is 2.57. The van der Waals surface area contributed by atoms with E-state index < -0.39 is 5.44 Å². The maximum Gasteiger partial charge on any atom is 0.0964 e. The van der Waals surface area contributed by atoms with Gasteiger partial charge in [0.15, 0.2) is 0 Å². The number of hydrogen-bond donors (Lipinski definition) is 2. The Morgan fingerprint density at radius 2 is 2.00 bits per heavy atom. The quantitative estimate of drug-likeness (QED) is 0.351. The van der Waals surface area contributed by atoms with Gasteiger partial charge in [0.05, 0.1) is 5.44 Å². The Hall–Kier alpha value is 1.18. The van der Waals surface area contributed by atoms with Crippen molar-refractivity contribution in [2.75, 3.05) is 0 Å². The summed E-state index contributed by atoms with van der Waals surface area (Å²) >= 11 is 3.83. The van der Waals surface area contributed by atoms with Gasteiger partial charge in [-0.25, -0.2) is 0 Å². The van der Waals surface area contributed by atoms with Gasteiger partial charge in [0.2, 0.25) is 0 Å². The SMILES string of the molecule is CCCCCC(O)S.[Hf]. The predicted octanol–water partition coefficient (Wildman–Crippen LogP) is 1.81. The number of rotatable bonds is 4. The van der Waals surface area contributed by atoms with Gasteiger partial charge in [-0.2, -0.15) is 0 Å². The zero-order chi connectivity index (χ0) is 6.41. The van der Waals surface area contributed by atoms with Crippen LogP contribution in [0.25, 0.3) is 0 Å². The molecule has 1 nitrogen and oxygen atoms in total. The van der Waals surface area contributed by atoms with Gasteiger partial charge in [0.1, 0.15) is 0 Å². The third kappa shape index (κ3) is 12.4. The van der Waals surface area contributed by atoms with E-state index in [2.05, 4.69) is 19.6 Å². The average molecular weight is 313 g/mol. The molecule has 1 N–H and O–H groups in total. The third-order valence-corrected chi connectivity index (χ3v) is 1.32. The second kappa shape index (κ2) is 9.18. The molecule has 0 rings (SSSR count). The molecular weight excluding hydrogens is 299 g/mol. The summed E-state index contributed by atoms with van der Waals surface area (Å²) in [5.74, 6) is 0. The molecule has 0 aromatic rings. The number of aliphatic hydroxyl groups is 1. The largest absolute Gasteiger partial charge is 0.383 e. The molecule has 0 saturated heterocycles. The van der Waals surface area contributed by atoms with E-state index in [1.54, 1.807) is 0 Å². The molecule has 0 bridgehead atoms. The van der Waals surface area contributed by atoms with Gasteiger partial charge < -0.3 is 5.11 Å². The smallest absolute Gasteiger partial charge is 0.0964 e. The van der Waals surface area contributed by atoms with Crippen molar-refractivity contribution in [3.8, 4) is 0 Å². The van der Waals surface area contributed by atoms with Crippen LogP contribution in [-0.2, 0) is 25.8 Å². The van der Waals surface area contributed by atoms with Gasteiger partial charge in [-0.3, -0.25) is 0 Å². The Bertz CT molecular complexity index is 50.3. The van der Waals surface area contributed by atoms with Crippen molar-refractivity contribution in [2.45, 2.75) is 38.0 Å². The standard InChI is InChI=1S/C6H14OS.Hf/c1-2-3-4-5-6(7)8;/h6-8H,2-5H2,1H3;. The van der Waals surface area contributed by atoms with Crippen molar-refractivity contribution in [3.63, 3.8) is 0 Å². The summed E-state index contributed by atoms with van der Waals surface area (Å²) in [6.07, 6.45) is 4.34. The van der Waals surface area contributed by atoms with Crippen molar-refractivity contribution in [1.82, 2.24) is 0 Å². The fourth-order valence-electron chi connectivity index (χ4n) is 0.577. The number of thiol groups is 1. The minimum Gasteiger partial charge on any atom is -0.383 e. The summed E-state index contributed by atoms with van der Waals surface area (Å²) in [7, 11) is 0. The van der Waals surface area contributed by atoms with Gasteiger partial charge in [0.25, 0.3) is 0 Å². The van der Waals surface area contributed by atoms with E-state index in [4.69, 9.17) is 5.11 Å². The van der Waals surface area contributed by atoms with Gasteiger partial charge in [0, 0.05) is 25.8 Å². The molecule has 1 atom stereocenters. The molecule has 0 aromatic heterocycles. The summed E-state index contributed by atoms with van der Waals surface area (Å²) < 4.78 is 0. The minimum atomic E-state index is -0.401. The van der Waals surface area contributed by atoms with Crippen LogP contribution >= 0.6 is 12.6 Å². The summed E-state index contributed by atoms with van der Waals surface area (Å²) in [5.41, 5.74) is -0.401. The van der Waals surface area contributed by atoms with E-state index in [0.717, 1.165) is 12.8 Å². The van der Waals surface area contributed by atoms with E-state index >= 15 is 0 Å². The Morgan fingerprint density at radius 3 is 2.33 bits per heavy atom. The molecule has 0 aliphatic carbocycles. The average Bonchev–Trinajstić information content (AvgIpc) is 1.66. The van der Waals surface area contributed by atoms with Crippen molar-refractivity contribution < 1.29 is 30.9 Å². The minimum absolute atomic E-state index is 0. The molecule has 0 radical (unpaired) electrons. The van der Waals surface area contributed by atoms with Gasteiger partial charge in [-0.1, -0.05) is 26.2 Å². The molecule has 0 aromatic carbocycles. The fraction of sp³-hybridized carbons (Fsp3) is 1.00. The van der Waals surface area contributed by atoms with Crippen molar-refractivity contribution in [3.05, 3.63) is 0 Å². The number of hydrogen-bond acceptors (Lipinski definition) is 2. The van der Waals surface area contributed by atoms with Crippen LogP contribution in [0.1, 0.15) is 32.6 Å². The van der Waals surface area contributed by atoms with Crippen LogP contribution in [0, 0.1) is 0 Å². The first kappa shape index (κ1) is 12.8. The maximum absolute atomic E-state index is 8.64. The first-order valence-corrected chi connectivity index (χ1v) is 3.65. The van der Waals surface area contributed by atoms with E-state index in [-0.39, 0.29) is 25.8 Å². The Labute approximate surface area is 81.4 Å². The van der Waals surface area contributed by atoms with Crippen LogP contribution < -0.4 is 0 Å². The summed E-state index contributed by atoms with van der Waals surface area (Å²) in [6, 6.07) is 0. The van der Waals surface area contributed by atoms with Crippen molar-refractivity contribution >= 4 is 12.6 Å². The molecule has 0 saturated carbocycles. The van der Waals surface area contributed by atoms with Crippen molar-refractivity contribution in [2.24, 2.45) is 0 Å². The molecule has 0 amide bonds. The summed E-state index contributed by atoms with van der Waals surface area (Å²) in [4.78, 5) is 0. The summed E-state index contributed by atoms with van der Waals surface area (Å²) in [5, 5.41) is 8.64. The van der Waals surface area contributed by atoms with E-state index in [1.165, 1.54) is 12.8 Å². The molecule has 0 spiro atoms. The molecule has 1 unspecified atom stereocenters. The third-order valence-electron chi connectivity index (χ3n) is 1.07. The topological polar surface area (TPSA) is 20.2 Å². The van der Waals surface area contributed by atoms with E-state index in [0.29, 0.717) is 0 Å². The molecule has 0 aliphatic heterocycles. The van der Waals surface area contributed by atoms with Crippen LogP contribution in [0.4, 0.5) is 0 Å². The van der Waals surface area contributed by atoms with Crippen LogP contribution in [0.3, 0.4) is 0 Å². The second-order valence-electron chi connectivity index (χ2n) is 1.98. The summed E-state index contributed by atoms with van der Waals surface area (Å²) in [6.45, 7) is 2.14. The number of aliphatic hydroxyl groups excluding tert-OH is 1. The monoisotopic (exact) mass is 314 g/mol. The molecule has 0 fully saturated rings. The molecule has 0 aliphatic rings. The maximum atomic E-state index is 8.64. The fourth-order valence-corrected chi connectivity index (χ4v) is 0.759.